The first kappa shape index (κ1) is 18.6. The molecule has 0 saturated carbocycles. The van der Waals surface area contributed by atoms with Crippen molar-refractivity contribution in [3.05, 3.63) is 81.9 Å². The van der Waals surface area contributed by atoms with Crippen molar-refractivity contribution in [2.24, 2.45) is 0 Å². The highest BCUT2D eigenvalue weighted by molar-refractivity contribution is 7.10. The Morgan fingerprint density at radius 2 is 1.93 bits per heavy atom. The smallest absolute Gasteiger partial charge is 0.253 e. The molecule has 1 saturated heterocycles. The quantitative estimate of drug-likeness (QED) is 0.714. The van der Waals surface area contributed by atoms with E-state index in [9.17, 15) is 9.18 Å². The number of thiophene rings is 1. The minimum atomic E-state index is -0.341. The average Bonchev–Trinajstić information content (AvgIpc) is 3.28. The molecule has 5 nitrogen and oxygen atoms in total. The molecule has 28 heavy (non-hydrogen) atoms. The molecule has 0 aliphatic carbocycles. The molecule has 0 spiro atoms. The molecule has 1 aliphatic rings. The second-order valence-corrected chi connectivity index (χ2v) is 7.46. The maximum Gasteiger partial charge on any atom is 0.253 e. The van der Waals surface area contributed by atoms with Crippen LogP contribution in [0, 0.1) is 5.82 Å². The third-order valence-electron chi connectivity index (χ3n) is 4.65. The number of nitrogens with zero attached hydrogens (tertiary/aromatic N) is 2. The lowest BCUT2D eigenvalue weighted by atomic mass is 10.0. The lowest BCUT2D eigenvalue weighted by Gasteiger charge is -2.27. The summed E-state index contributed by atoms with van der Waals surface area (Å²) in [5.41, 5.74) is 1.32. The van der Waals surface area contributed by atoms with Gasteiger partial charge in [0, 0.05) is 24.2 Å². The first-order valence-corrected chi connectivity index (χ1v) is 9.97. The van der Waals surface area contributed by atoms with Crippen molar-refractivity contribution in [2.45, 2.75) is 6.04 Å². The van der Waals surface area contributed by atoms with E-state index >= 15 is 0 Å². The van der Waals surface area contributed by atoms with Crippen LogP contribution in [0.25, 0.3) is 0 Å². The van der Waals surface area contributed by atoms with Crippen molar-refractivity contribution >= 4 is 23.1 Å². The van der Waals surface area contributed by atoms with E-state index in [0.717, 1.165) is 29.3 Å². The summed E-state index contributed by atoms with van der Waals surface area (Å²) in [6.45, 7) is 2.96. The van der Waals surface area contributed by atoms with Gasteiger partial charge in [-0.3, -0.25) is 4.79 Å². The number of pyridine rings is 1. The first-order valence-electron chi connectivity index (χ1n) is 9.09. The van der Waals surface area contributed by atoms with E-state index in [0.29, 0.717) is 18.8 Å². The first-order chi connectivity index (χ1) is 13.7. The number of nitrogens with one attached hydrogen (secondary N) is 1. The zero-order valence-electron chi connectivity index (χ0n) is 15.2. The summed E-state index contributed by atoms with van der Waals surface area (Å²) < 4.78 is 18.7. The Bertz CT molecular complexity index is 908. The minimum Gasteiger partial charge on any atom is -0.378 e. The van der Waals surface area contributed by atoms with E-state index in [1.807, 2.05) is 23.6 Å². The van der Waals surface area contributed by atoms with E-state index in [4.69, 9.17) is 4.74 Å². The largest absolute Gasteiger partial charge is 0.378 e. The van der Waals surface area contributed by atoms with Crippen molar-refractivity contribution in [3.8, 4) is 0 Å². The number of carbonyl (C=O) groups excluding carboxylic acids is 1. The SMILES string of the molecule is O=C(N[C@H](c1ccc(F)cc1)c1cccs1)c1ccc(N2CCOCC2)nc1. The zero-order valence-corrected chi connectivity index (χ0v) is 16.0. The van der Waals surface area contributed by atoms with Crippen molar-refractivity contribution < 1.29 is 13.9 Å². The van der Waals surface area contributed by atoms with Gasteiger partial charge < -0.3 is 15.0 Å². The number of rotatable bonds is 5. The molecule has 144 valence electrons. The second kappa shape index (κ2) is 8.50. The fourth-order valence-corrected chi connectivity index (χ4v) is 3.95. The van der Waals surface area contributed by atoms with Gasteiger partial charge in [-0.05, 0) is 41.3 Å². The van der Waals surface area contributed by atoms with Crippen LogP contribution in [0.1, 0.15) is 26.8 Å². The highest BCUT2D eigenvalue weighted by Gasteiger charge is 2.20. The monoisotopic (exact) mass is 397 g/mol. The molecule has 1 N–H and O–H groups in total. The lowest BCUT2D eigenvalue weighted by molar-refractivity contribution is 0.0943. The van der Waals surface area contributed by atoms with Gasteiger partial charge in [0.2, 0.25) is 0 Å². The van der Waals surface area contributed by atoms with E-state index in [-0.39, 0.29) is 17.8 Å². The number of ether oxygens (including phenoxy) is 1. The number of hydrogen-bond acceptors (Lipinski definition) is 5. The maximum absolute atomic E-state index is 13.3. The topological polar surface area (TPSA) is 54.5 Å². The third-order valence-corrected chi connectivity index (χ3v) is 5.59. The molecule has 7 heteroatoms. The van der Waals surface area contributed by atoms with Gasteiger partial charge in [-0.15, -0.1) is 11.3 Å². The molecule has 1 fully saturated rings. The highest BCUT2D eigenvalue weighted by atomic mass is 32.1. The standard InChI is InChI=1S/C21H20FN3O2S/c22-17-6-3-15(4-7-17)20(18-2-1-13-28-18)24-21(26)16-5-8-19(23-14-16)25-9-11-27-12-10-25/h1-8,13-14,20H,9-12H2,(H,24,26)/t20-/m1/s1. The van der Waals surface area contributed by atoms with Crippen molar-refractivity contribution in [2.75, 3.05) is 31.2 Å². The number of anilines is 1. The third kappa shape index (κ3) is 4.21. The predicted molar refractivity (Wildman–Crippen MR) is 107 cm³/mol. The van der Waals surface area contributed by atoms with E-state index < -0.39 is 0 Å². The molecule has 1 aliphatic heterocycles. The molecule has 0 unspecified atom stereocenters. The Morgan fingerprint density at radius 3 is 2.57 bits per heavy atom. The summed E-state index contributed by atoms with van der Waals surface area (Å²) in [6.07, 6.45) is 1.59. The fraction of sp³-hybridized carbons (Fsp3) is 0.238. The summed E-state index contributed by atoms with van der Waals surface area (Å²) >= 11 is 1.55. The number of morpholine rings is 1. The molecule has 1 aromatic carbocycles. The van der Waals surface area contributed by atoms with Gasteiger partial charge in [0.15, 0.2) is 0 Å². The maximum atomic E-state index is 13.3. The predicted octanol–water partition coefficient (Wildman–Crippen LogP) is 3.64. The Morgan fingerprint density at radius 1 is 1.14 bits per heavy atom. The molecule has 2 aromatic heterocycles. The Labute approximate surface area is 166 Å². The Hall–Kier alpha value is -2.77. The molecule has 0 bridgehead atoms. The van der Waals surface area contributed by atoms with Gasteiger partial charge in [0.05, 0.1) is 24.8 Å². The van der Waals surface area contributed by atoms with Crippen LogP contribution in [-0.4, -0.2) is 37.2 Å². The van der Waals surface area contributed by atoms with Crippen LogP contribution in [0.3, 0.4) is 0 Å². The number of hydrogen-bond donors (Lipinski definition) is 1. The van der Waals surface area contributed by atoms with Crippen LogP contribution < -0.4 is 10.2 Å². The fourth-order valence-electron chi connectivity index (χ4n) is 3.14. The Balaban J connectivity index is 1.52. The summed E-state index contributed by atoms with van der Waals surface area (Å²) in [4.78, 5) is 20.4. The van der Waals surface area contributed by atoms with E-state index in [2.05, 4.69) is 15.2 Å². The normalized spacial score (nSPS) is 15.2. The highest BCUT2D eigenvalue weighted by Crippen LogP contribution is 2.27. The molecule has 3 aromatic rings. The number of halogens is 1. The van der Waals surface area contributed by atoms with Crippen LogP contribution in [0.15, 0.2) is 60.1 Å². The van der Waals surface area contributed by atoms with Gasteiger partial charge in [0.25, 0.3) is 5.91 Å². The van der Waals surface area contributed by atoms with Crippen LogP contribution in [0.4, 0.5) is 10.2 Å². The van der Waals surface area contributed by atoms with Crippen LogP contribution >= 0.6 is 11.3 Å². The van der Waals surface area contributed by atoms with E-state index in [1.165, 1.54) is 12.1 Å². The summed E-state index contributed by atoms with van der Waals surface area (Å²) in [5.74, 6) is 0.319. The number of carbonyl (C=O) groups is 1. The van der Waals surface area contributed by atoms with Gasteiger partial charge in [-0.2, -0.15) is 0 Å². The van der Waals surface area contributed by atoms with Gasteiger partial charge >= 0.3 is 0 Å². The minimum absolute atomic E-state index is 0.219. The molecule has 3 heterocycles. The average molecular weight is 397 g/mol. The van der Waals surface area contributed by atoms with Crippen molar-refractivity contribution in [1.29, 1.82) is 0 Å². The zero-order chi connectivity index (χ0) is 19.3. The van der Waals surface area contributed by atoms with Crippen molar-refractivity contribution in [1.82, 2.24) is 10.3 Å². The van der Waals surface area contributed by atoms with Crippen LogP contribution in [0.5, 0.6) is 0 Å². The number of benzene rings is 1. The Kier molecular flexibility index (Phi) is 5.64. The van der Waals surface area contributed by atoms with Gasteiger partial charge in [0.1, 0.15) is 11.6 Å². The van der Waals surface area contributed by atoms with Crippen LogP contribution in [-0.2, 0) is 4.74 Å². The lowest BCUT2D eigenvalue weighted by Crippen LogP contribution is -2.36. The van der Waals surface area contributed by atoms with Crippen molar-refractivity contribution in [3.63, 3.8) is 0 Å². The second-order valence-electron chi connectivity index (χ2n) is 6.48. The molecule has 1 amide bonds. The molecular formula is C21H20FN3O2S. The summed E-state index contributed by atoms with van der Waals surface area (Å²) in [5, 5.41) is 5.00. The van der Waals surface area contributed by atoms with E-state index in [1.54, 1.807) is 35.7 Å². The van der Waals surface area contributed by atoms with Crippen LogP contribution in [0.2, 0.25) is 0 Å². The van der Waals surface area contributed by atoms with Gasteiger partial charge in [-0.25, -0.2) is 9.37 Å². The molecule has 4 rings (SSSR count). The number of amides is 1. The summed E-state index contributed by atoms with van der Waals surface area (Å²) in [7, 11) is 0. The number of aromatic nitrogens is 1. The summed E-state index contributed by atoms with van der Waals surface area (Å²) in [6, 6.07) is 13.4. The molecular weight excluding hydrogens is 377 g/mol. The van der Waals surface area contributed by atoms with Gasteiger partial charge in [-0.1, -0.05) is 18.2 Å². The molecule has 1 atom stereocenters. The molecule has 0 radical (unpaired) electrons.